The van der Waals surface area contributed by atoms with Crippen LogP contribution in [-0.4, -0.2) is 45.3 Å². The molecule has 0 heterocycles. The first-order chi connectivity index (χ1) is 6.64. The molecule has 1 saturated carbocycles. The van der Waals surface area contributed by atoms with Gasteiger partial charge in [-0.25, -0.2) is 13.1 Å². The SMILES string of the molecule is CSCCNS(=O)(=O)CCNC1CC1. The summed E-state index contributed by atoms with van der Waals surface area (Å²) in [7, 11) is -3.05. The van der Waals surface area contributed by atoms with Gasteiger partial charge < -0.3 is 5.32 Å². The Balaban J connectivity index is 2.06. The average molecular weight is 238 g/mol. The van der Waals surface area contributed by atoms with E-state index in [1.54, 1.807) is 11.8 Å². The van der Waals surface area contributed by atoms with Crippen LogP contribution in [0.1, 0.15) is 12.8 Å². The molecule has 0 spiro atoms. The molecule has 0 aromatic heterocycles. The van der Waals surface area contributed by atoms with Crippen molar-refractivity contribution in [2.24, 2.45) is 0 Å². The van der Waals surface area contributed by atoms with Crippen molar-refractivity contribution in [1.29, 1.82) is 0 Å². The normalized spacial score (nSPS) is 17.2. The van der Waals surface area contributed by atoms with Crippen molar-refractivity contribution < 1.29 is 8.42 Å². The van der Waals surface area contributed by atoms with Gasteiger partial charge >= 0.3 is 0 Å². The number of nitrogens with one attached hydrogen (secondary N) is 2. The number of rotatable bonds is 8. The number of thioether (sulfide) groups is 1. The molecule has 1 fully saturated rings. The molecule has 0 radical (unpaired) electrons. The summed E-state index contributed by atoms with van der Waals surface area (Å²) in [6.07, 6.45) is 4.35. The Morgan fingerprint density at radius 2 is 2.07 bits per heavy atom. The van der Waals surface area contributed by atoms with Gasteiger partial charge in [0, 0.05) is 24.9 Å². The lowest BCUT2D eigenvalue weighted by Gasteiger charge is -2.06. The van der Waals surface area contributed by atoms with Crippen LogP contribution in [0.4, 0.5) is 0 Å². The topological polar surface area (TPSA) is 58.2 Å². The minimum absolute atomic E-state index is 0.192. The van der Waals surface area contributed by atoms with Gasteiger partial charge in [-0.2, -0.15) is 11.8 Å². The van der Waals surface area contributed by atoms with Crippen molar-refractivity contribution in [1.82, 2.24) is 10.0 Å². The second kappa shape index (κ2) is 5.95. The zero-order valence-corrected chi connectivity index (χ0v) is 10.1. The van der Waals surface area contributed by atoms with Crippen LogP contribution >= 0.6 is 11.8 Å². The summed E-state index contributed by atoms with van der Waals surface area (Å²) in [4.78, 5) is 0. The molecular formula is C8H18N2O2S2. The second-order valence-corrected chi connectivity index (χ2v) is 6.35. The van der Waals surface area contributed by atoms with E-state index in [1.165, 1.54) is 12.8 Å². The van der Waals surface area contributed by atoms with Crippen molar-refractivity contribution in [2.45, 2.75) is 18.9 Å². The highest BCUT2D eigenvalue weighted by Gasteiger charge is 2.20. The molecule has 4 nitrogen and oxygen atoms in total. The summed E-state index contributed by atoms with van der Waals surface area (Å²) in [5, 5.41) is 3.18. The first kappa shape index (κ1) is 12.3. The molecule has 14 heavy (non-hydrogen) atoms. The Morgan fingerprint density at radius 3 is 2.64 bits per heavy atom. The number of hydrogen-bond donors (Lipinski definition) is 2. The zero-order valence-electron chi connectivity index (χ0n) is 8.45. The van der Waals surface area contributed by atoms with Gasteiger partial charge in [-0.05, 0) is 19.1 Å². The maximum atomic E-state index is 11.3. The first-order valence-electron chi connectivity index (χ1n) is 4.84. The summed E-state index contributed by atoms with van der Waals surface area (Å²) in [5.41, 5.74) is 0. The molecule has 2 N–H and O–H groups in total. The summed E-state index contributed by atoms with van der Waals surface area (Å²) in [6.45, 7) is 1.10. The molecule has 0 unspecified atom stereocenters. The predicted octanol–water partition coefficient (Wildman–Crippen LogP) is 0.0208. The molecule has 1 rings (SSSR count). The van der Waals surface area contributed by atoms with Crippen LogP contribution in [0.25, 0.3) is 0 Å². The molecule has 0 atom stereocenters. The molecule has 0 aromatic rings. The van der Waals surface area contributed by atoms with Gasteiger partial charge in [-0.1, -0.05) is 0 Å². The van der Waals surface area contributed by atoms with E-state index in [0.717, 1.165) is 5.75 Å². The van der Waals surface area contributed by atoms with Crippen LogP contribution in [0.3, 0.4) is 0 Å². The van der Waals surface area contributed by atoms with Crippen molar-refractivity contribution in [2.75, 3.05) is 30.9 Å². The van der Waals surface area contributed by atoms with Gasteiger partial charge in [0.15, 0.2) is 0 Å². The van der Waals surface area contributed by atoms with Crippen molar-refractivity contribution >= 4 is 21.8 Å². The quantitative estimate of drug-likeness (QED) is 0.585. The van der Waals surface area contributed by atoms with Crippen molar-refractivity contribution in [3.63, 3.8) is 0 Å². The third-order valence-electron chi connectivity index (χ3n) is 2.01. The molecular weight excluding hydrogens is 220 g/mol. The van der Waals surface area contributed by atoms with Crippen LogP contribution in [-0.2, 0) is 10.0 Å². The monoisotopic (exact) mass is 238 g/mol. The smallest absolute Gasteiger partial charge is 0.212 e. The van der Waals surface area contributed by atoms with E-state index < -0.39 is 10.0 Å². The highest BCUT2D eigenvalue weighted by molar-refractivity contribution is 7.98. The molecule has 0 aliphatic heterocycles. The van der Waals surface area contributed by atoms with Crippen molar-refractivity contribution in [3.05, 3.63) is 0 Å². The average Bonchev–Trinajstić information content (AvgIpc) is 2.88. The van der Waals surface area contributed by atoms with Crippen LogP contribution in [0, 0.1) is 0 Å². The third-order valence-corrected chi connectivity index (χ3v) is 4.01. The first-order valence-corrected chi connectivity index (χ1v) is 7.88. The summed E-state index contributed by atoms with van der Waals surface area (Å²) >= 11 is 1.64. The van der Waals surface area contributed by atoms with E-state index >= 15 is 0 Å². The standard InChI is InChI=1S/C8H18N2O2S2/c1-13-6-4-10-14(11,12)7-5-9-8-2-3-8/h8-10H,2-7H2,1H3. The maximum absolute atomic E-state index is 11.3. The molecule has 84 valence electrons. The van der Waals surface area contributed by atoms with E-state index in [9.17, 15) is 8.42 Å². The predicted molar refractivity (Wildman–Crippen MR) is 61.2 cm³/mol. The maximum Gasteiger partial charge on any atom is 0.212 e. The summed E-state index contributed by atoms with van der Waals surface area (Å²) in [6, 6.07) is 0.580. The van der Waals surface area contributed by atoms with Crippen LogP contribution in [0.2, 0.25) is 0 Å². The summed E-state index contributed by atoms with van der Waals surface area (Å²) < 4.78 is 25.3. The zero-order chi connectivity index (χ0) is 10.4. The highest BCUT2D eigenvalue weighted by Crippen LogP contribution is 2.17. The Morgan fingerprint density at radius 1 is 1.36 bits per heavy atom. The van der Waals surface area contributed by atoms with E-state index in [1.807, 2.05) is 6.26 Å². The Kier molecular flexibility index (Phi) is 5.22. The molecule has 1 aliphatic carbocycles. The third kappa shape index (κ3) is 5.85. The molecule has 0 bridgehead atoms. The second-order valence-electron chi connectivity index (χ2n) is 3.43. The van der Waals surface area contributed by atoms with E-state index in [-0.39, 0.29) is 5.75 Å². The molecule has 0 amide bonds. The largest absolute Gasteiger partial charge is 0.313 e. The molecule has 0 saturated heterocycles. The fourth-order valence-electron chi connectivity index (χ4n) is 1.06. The van der Waals surface area contributed by atoms with Gasteiger partial charge in [-0.15, -0.1) is 0 Å². The highest BCUT2D eigenvalue weighted by atomic mass is 32.2. The van der Waals surface area contributed by atoms with Gasteiger partial charge in [0.25, 0.3) is 0 Å². The van der Waals surface area contributed by atoms with Gasteiger partial charge in [0.05, 0.1) is 5.75 Å². The fourth-order valence-corrected chi connectivity index (χ4v) is 2.44. The van der Waals surface area contributed by atoms with Crippen LogP contribution in [0.5, 0.6) is 0 Å². The van der Waals surface area contributed by atoms with Crippen LogP contribution < -0.4 is 10.0 Å². The van der Waals surface area contributed by atoms with E-state index in [4.69, 9.17) is 0 Å². The van der Waals surface area contributed by atoms with Gasteiger partial charge in [-0.3, -0.25) is 0 Å². The molecule has 0 aromatic carbocycles. The van der Waals surface area contributed by atoms with Crippen LogP contribution in [0.15, 0.2) is 0 Å². The molecule has 1 aliphatic rings. The van der Waals surface area contributed by atoms with Gasteiger partial charge in [0.1, 0.15) is 0 Å². The van der Waals surface area contributed by atoms with E-state index in [2.05, 4.69) is 10.0 Å². The number of sulfonamides is 1. The lowest BCUT2D eigenvalue weighted by molar-refractivity contribution is 0.579. The lowest BCUT2D eigenvalue weighted by Crippen LogP contribution is -2.33. The lowest BCUT2D eigenvalue weighted by atomic mass is 10.6. The minimum Gasteiger partial charge on any atom is -0.313 e. The van der Waals surface area contributed by atoms with Crippen molar-refractivity contribution in [3.8, 4) is 0 Å². The Bertz CT molecular complexity index is 250. The number of hydrogen-bond acceptors (Lipinski definition) is 4. The Hall–Kier alpha value is 0.220. The fraction of sp³-hybridized carbons (Fsp3) is 1.00. The molecule has 6 heteroatoms. The minimum atomic E-state index is -3.05. The Labute approximate surface area is 90.3 Å². The van der Waals surface area contributed by atoms with Gasteiger partial charge in [0.2, 0.25) is 10.0 Å². The van der Waals surface area contributed by atoms with E-state index in [0.29, 0.717) is 19.1 Å². The summed E-state index contributed by atoms with van der Waals surface area (Å²) in [5.74, 6) is 1.02.